The van der Waals surface area contributed by atoms with Crippen LogP contribution >= 0.6 is 0 Å². The summed E-state index contributed by atoms with van der Waals surface area (Å²) in [5.41, 5.74) is 0. The van der Waals surface area contributed by atoms with Crippen LogP contribution in [0.5, 0.6) is 0 Å². The van der Waals surface area contributed by atoms with Gasteiger partial charge in [0.2, 0.25) is 0 Å². The van der Waals surface area contributed by atoms with Gasteiger partial charge in [-0.3, -0.25) is 0 Å². The normalized spacial score (nSPS) is 13.0. The van der Waals surface area contributed by atoms with Crippen molar-refractivity contribution < 1.29 is 5.11 Å². The van der Waals surface area contributed by atoms with Crippen LogP contribution in [0.25, 0.3) is 0 Å². The van der Waals surface area contributed by atoms with E-state index in [2.05, 4.69) is 26.0 Å². The SMILES string of the molecule is CCCCCCCC/C=C\CCCCCCCCCC(O)CCC. The lowest BCUT2D eigenvalue weighted by Gasteiger charge is -2.08. The molecule has 0 bridgehead atoms. The predicted molar refractivity (Wildman–Crippen MR) is 110 cm³/mol. The van der Waals surface area contributed by atoms with E-state index in [1.807, 2.05) is 0 Å². The third-order valence-electron chi connectivity index (χ3n) is 4.92. The first-order valence-corrected chi connectivity index (χ1v) is 11.1. The maximum Gasteiger partial charge on any atom is 0.0540 e. The van der Waals surface area contributed by atoms with E-state index < -0.39 is 0 Å². The summed E-state index contributed by atoms with van der Waals surface area (Å²) < 4.78 is 0. The number of unbranched alkanes of at least 4 members (excludes halogenated alkanes) is 13. The lowest BCUT2D eigenvalue weighted by molar-refractivity contribution is 0.150. The lowest BCUT2D eigenvalue weighted by Crippen LogP contribution is -2.04. The first-order chi connectivity index (χ1) is 11.8. The third kappa shape index (κ3) is 19.7. The number of hydrogen-bond acceptors (Lipinski definition) is 1. The minimum Gasteiger partial charge on any atom is -0.393 e. The summed E-state index contributed by atoms with van der Waals surface area (Å²) in [5.74, 6) is 0. The number of hydrogen-bond donors (Lipinski definition) is 1. The van der Waals surface area contributed by atoms with Crippen molar-refractivity contribution in [3.05, 3.63) is 12.2 Å². The van der Waals surface area contributed by atoms with Crippen LogP contribution in [0.1, 0.15) is 129 Å². The second-order valence-corrected chi connectivity index (χ2v) is 7.52. The van der Waals surface area contributed by atoms with Crippen molar-refractivity contribution in [3.63, 3.8) is 0 Å². The average molecular weight is 339 g/mol. The summed E-state index contributed by atoms with van der Waals surface area (Å²) in [7, 11) is 0. The molecule has 0 radical (unpaired) electrons. The van der Waals surface area contributed by atoms with Gasteiger partial charge in [0, 0.05) is 0 Å². The van der Waals surface area contributed by atoms with Gasteiger partial charge in [0.25, 0.3) is 0 Å². The van der Waals surface area contributed by atoms with Crippen LogP contribution < -0.4 is 0 Å². The summed E-state index contributed by atoms with van der Waals surface area (Å²) in [6.45, 7) is 4.43. The first kappa shape index (κ1) is 23.7. The van der Waals surface area contributed by atoms with Crippen molar-refractivity contribution in [2.24, 2.45) is 0 Å². The van der Waals surface area contributed by atoms with Gasteiger partial charge in [-0.05, 0) is 38.5 Å². The zero-order valence-corrected chi connectivity index (χ0v) is 16.9. The summed E-state index contributed by atoms with van der Waals surface area (Å²) in [4.78, 5) is 0. The lowest BCUT2D eigenvalue weighted by atomic mass is 10.0. The van der Waals surface area contributed by atoms with Crippen molar-refractivity contribution in [2.75, 3.05) is 0 Å². The summed E-state index contributed by atoms with van der Waals surface area (Å²) in [6.07, 6.45) is 28.2. The Kier molecular flexibility index (Phi) is 20.5. The highest BCUT2D eigenvalue weighted by Crippen LogP contribution is 2.13. The van der Waals surface area contributed by atoms with Crippen LogP contribution in [0.3, 0.4) is 0 Å². The fourth-order valence-electron chi connectivity index (χ4n) is 3.28. The van der Waals surface area contributed by atoms with Crippen LogP contribution in [-0.4, -0.2) is 11.2 Å². The quantitative estimate of drug-likeness (QED) is 0.187. The first-order valence-electron chi connectivity index (χ1n) is 11.1. The highest BCUT2D eigenvalue weighted by atomic mass is 16.3. The predicted octanol–water partition coefficient (Wildman–Crippen LogP) is 7.97. The maximum absolute atomic E-state index is 9.67. The van der Waals surface area contributed by atoms with Crippen molar-refractivity contribution in [2.45, 2.75) is 136 Å². The summed E-state index contributed by atoms with van der Waals surface area (Å²) >= 11 is 0. The number of allylic oxidation sites excluding steroid dienone is 2. The third-order valence-corrected chi connectivity index (χ3v) is 4.92. The Morgan fingerprint density at radius 2 is 1.00 bits per heavy atom. The van der Waals surface area contributed by atoms with E-state index in [1.54, 1.807) is 0 Å². The molecule has 1 unspecified atom stereocenters. The average Bonchev–Trinajstić information content (AvgIpc) is 2.58. The molecule has 0 aromatic carbocycles. The molecule has 144 valence electrons. The Morgan fingerprint density at radius 1 is 0.542 bits per heavy atom. The molecule has 0 saturated heterocycles. The summed E-state index contributed by atoms with van der Waals surface area (Å²) in [5, 5.41) is 9.67. The van der Waals surface area contributed by atoms with Gasteiger partial charge in [-0.25, -0.2) is 0 Å². The molecule has 0 aliphatic heterocycles. The molecule has 0 aromatic rings. The maximum atomic E-state index is 9.67. The van der Waals surface area contributed by atoms with E-state index in [0.717, 1.165) is 19.3 Å². The zero-order valence-electron chi connectivity index (χ0n) is 16.9. The molecule has 1 heteroatoms. The van der Waals surface area contributed by atoms with E-state index in [0.29, 0.717) is 0 Å². The molecular weight excluding hydrogens is 292 g/mol. The minimum atomic E-state index is -0.0434. The van der Waals surface area contributed by atoms with Gasteiger partial charge in [0.15, 0.2) is 0 Å². The molecule has 0 aliphatic rings. The number of aliphatic hydroxyl groups excluding tert-OH is 1. The molecule has 0 aliphatic carbocycles. The second-order valence-electron chi connectivity index (χ2n) is 7.52. The highest BCUT2D eigenvalue weighted by Gasteiger charge is 2.01. The van der Waals surface area contributed by atoms with Gasteiger partial charge in [-0.2, -0.15) is 0 Å². The van der Waals surface area contributed by atoms with Crippen molar-refractivity contribution in [3.8, 4) is 0 Å². The topological polar surface area (TPSA) is 20.2 Å². The number of rotatable bonds is 19. The van der Waals surface area contributed by atoms with Gasteiger partial charge in [0.05, 0.1) is 6.10 Å². The molecule has 1 N–H and O–H groups in total. The van der Waals surface area contributed by atoms with Gasteiger partial charge < -0.3 is 5.11 Å². The fourth-order valence-corrected chi connectivity index (χ4v) is 3.28. The molecular formula is C23H46O. The fraction of sp³-hybridized carbons (Fsp3) is 0.913. The Hall–Kier alpha value is -0.300. The van der Waals surface area contributed by atoms with E-state index in [9.17, 15) is 5.11 Å². The van der Waals surface area contributed by atoms with Gasteiger partial charge in [-0.1, -0.05) is 103 Å². The van der Waals surface area contributed by atoms with Crippen LogP contribution in [0, 0.1) is 0 Å². The van der Waals surface area contributed by atoms with Crippen LogP contribution in [-0.2, 0) is 0 Å². The van der Waals surface area contributed by atoms with Crippen LogP contribution in [0.2, 0.25) is 0 Å². The number of aliphatic hydroxyl groups is 1. The standard InChI is InChI=1S/C23H46O/c1-3-5-6-7-8-9-10-11-12-13-14-15-16-17-18-19-20-22-23(24)21-4-2/h11-12,23-24H,3-10,13-22H2,1-2H3/b12-11-. The Balaban J connectivity index is 3.10. The molecule has 0 amide bonds. The van der Waals surface area contributed by atoms with E-state index in [-0.39, 0.29) is 6.10 Å². The second kappa shape index (κ2) is 20.7. The van der Waals surface area contributed by atoms with Crippen molar-refractivity contribution in [1.82, 2.24) is 0 Å². The van der Waals surface area contributed by atoms with Crippen LogP contribution in [0.15, 0.2) is 12.2 Å². The summed E-state index contributed by atoms with van der Waals surface area (Å²) in [6, 6.07) is 0. The van der Waals surface area contributed by atoms with Gasteiger partial charge in [-0.15, -0.1) is 0 Å². The molecule has 0 spiro atoms. The Labute approximate surface area is 153 Å². The molecule has 1 atom stereocenters. The van der Waals surface area contributed by atoms with E-state index >= 15 is 0 Å². The molecule has 0 rings (SSSR count). The minimum absolute atomic E-state index is 0.0434. The monoisotopic (exact) mass is 338 g/mol. The molecule has 0 heterocycles. The Morgan fingerprint density at radius 3 is 1.50 bits per heavy atom. The molecule has 24 heavy (non-hydrogen) atoms. The van der Waals surface area contributed by atoms with E-state index in [4.69, 9.17) is 0 Å². The molecule has 0 saturated carbocycles. The largest absolute Gasteiger partial charge is 0.393 e. The van der Waals surface area contributed by atoms with Crippen LogP contribution in [0.4, 0.5) is 0 Å². The van der Waals surface area contributed by atoms with Gasteiger partial charge in [0.1, 0.15) is 0 Å². The molecule has 0 aromatic heterocycles. The molecule has 0 fully saturated rings. The van der Waals surface area contributed by atoms with Crippen molar-refractivity contribution in [1.29, 1.82) is 0 Å². The smallest absolute Gasteiger partial charge is 0.0540 e. The van der Waals surface area contributed by atoms with E-state index in [1.165, 1.54) is 96.3 Å². The zero-order chi connectivity index (χ0) is 17.7. The Bertz CT molecular complexity index is 246. The van der Waals surface area contributed by atoms with Gasteiger partial charge >= 0.3 is 0 Å². The molecule has 1 nitrogen and oxygen atoms in total. The van der Waals surface area contributed by atoms with Crippen molar-refractivity contribution >= 4 is 0 Å². The highest BCUT2D eigenvalue weighted by molar-refractivity contribution is 4.81.